The van der Waals surface area contributed by atoms with E-state index in [1.165, 1.54) is 19.5 Å². The Hall–Kier alpha value is -4.54. The molecule has 1 unspecified atom stereocenters. The number of nitrogens with one attached hydrogen (secondary N) is 2. The van der Waals surface area contributed by atoms with Gasteiger partial charge in [-0.05, 0) is 35.7 Å². The number of aromatic nitrogens is 5. The molecule has 0 bridgehead atoms. The summed E-state index contributed by atoms with van der Waals surface area (Å²) < 4.78 is 24.2. The Kier molecular flexibility index (Phi) is 6.62. The zero-order valence-electron chi connectivity index (χ0n) is 18.2. The number of H-pyrrole nitrogens is 1. The summed E-state index contributed by atoms with van der Waals surface area (Å²) in [5, 5.41) is 12.0. The smallest absolute Gasteiger partial charge is 0.350 e. The zero-order valence-corrected chi connectivity index (χ0v) is 18.2. The molecule has 4 N–H and O–H groups in total. The molecule has 2 aromatic carbocycles. The van der Waals surface area contributed by atoms with E-state index in [0.717, 1.165) is 15.8 Å². The molecule has 0 saturated heterocycles. The van der Waals surface area contributed by atoms with Crippen LogP contribution >= 0.6 is 0 Å². The molecule has 0 aliphatic rings. The minimum Gasteiger partial charge on any atom is -0.493 e. The number of ether oxygens (including phenoxy) is 2. The van der Waals surface area contributed by atoms with Gasteiger partial charge < -0.3 is 15.2 Å². The van der Waals surface area contributed by atoms with E-state index < -0.39 is 18.5 Å². The Morgan fingerprint density at radius 2 is 1.91 bits per heavy atom. The summed E-state index contributed by atoms with van der Waals surface area (Å²) in [6.07, 6.45) is 3.49. The molecule has 2 heterocycles. The number of halogens is 1. The van der Waals surface area contributed by atoms with Crippen LogP contribution in [0.25, 0.3) is 5.95 Å². The molecule has 1 atom stereocenters. The van der Waals surface area contributed by atoms with Crippen molar-refractivity contribution in [2.75, 3.05) is 14.0 Å². The van der Waals surface area contributed by atoms with Gasteiger partial charge in [0.15, 0.2) is 11.5 Å². The van der Waals surface area contributed by atoms with Crippen LogP contribution in [0.4, 0.5) is 4.39 Å². The van der Waals surface area contributed by atoms with E-state index >= 15 is 0 Å². The lowest BCUT2D eigenvalue weighted by molar-refractivity contribution is 0.184. The Labute approximate surface area is 193 Å². The maximum Gasteiger partial charge on any atom is 0.350 e. The summed E-state index contributed by atoms with van der Waals surface area (Å²) in [6, 6.07) is 14.0. The molecule has 10 nitrogen and oxygen atoms in total. The third-order valence-electron chi connectivity index (χ3n) is 5.21. The van der Waals surface area contributed by atoms with Crippen molar-refractivity contribution in [3.63, 3.8) is 0 Å². The minimum absolute atomic E-state index is 0.0257. The fraction of sp³-hybridized carbons (Fsp3) is 0.174. The number of alkyl halides is 1. The van der Waals surface area contributed by atoms with E-state index in [9.17, 15) is 9.18 Å². The highest BCUT2D eigenvalue weighted by Gasteiger charge is 2.23. The van der Waals surface area contributed by atoms with Crippen LogP contribution < -0.4 is 20.9 Å². The number of hydrogen-bond donors (Lipinski definition) is 3. The highest BCUT2D eigenvalue weighted by atomic mass is 19.1. The molecule has 0 amide bonds. The van der Waals surface area contributed by atoms with Crippen LogP contribution in [-0.4, -0.2) is 44.5 Å². The van der Waals surface area contributed by atoms with Gasteiger partial charge in [-0.1, -0.05) is 30.3 Å². The normalized spacial score (nSPS) is 11.7. The Morgan fingerprint density at radius 3 is 2.56 bits per heavy atom. The molecule has 0 aliphatic carbocycles. The Balaban J connectivity index is 1.77. The first-order valence-corrected chi connectivity index (χ1v) is 10.3. The number of aromatic amines is 1. The summed E-state index contributed by atoms with van der Waals surface area (Å²) in [5.74, 6) is 0.699. The van der Waals surface area contributed by atoms with Crippen LogP contribution in [0.1, 0.15) is 28.4 Å². The lowest BCUT2D eigenvalue weighted by Crippen LogP contribution is -2.18. The van der Waals surface area contributed by atoms with Gasteiger partial charge >= 0.3 is 5.69 Å². The van der Waals surface area contributed by atoms with Crippen molar-refractivity contribution in [2.45, 2.75) is 12.3 Å². The fourth-order valence-electron chi connectivity index (χ4n) is 3.54. The highest BCUT2D eigenvalue weighted by molar-refractivity contribution is 5.94. The molecule has 0 radical (unpaired) electrons. The highest BCUT2D eigenvalue weighted by Crippen LogP contribution is 2.34. The first-order valence-electron chi connectivity index (χ1n) is 10.3. The van der Waals surface area contributed by atoms with Crippen molar-refractivity contribution >= 4 is 5.84 Å². The van der Waals surface area contributed by atoms with Crippen molar-refractivity contribution in [3.8, 4) is 17.4 Å². The van der Waals surface area contributed by atoms with Crippen molar-refractivity contribution in [2.24, 2.45) is 5.73 Å². The van der Waals surface area contributed by atoms with Gasteiger partial charge in [0.25, 0.3) is 5.95 Å². The summed E-state index contributed by atoms with van der Waals surface area (Å²) in [6.45, 7) is -0.990. The zero-order chi connectivity index (χ0) is 24.1. The van der Waals surface area contributed by atoms with E-state index in [1.54, 1.807) is 36.4 Å². The number of nitrogen functional groups attached to an aromatic ring is 1. The van der Waals surface area contributed by atoms with Gasteiger partial charge in [0, 0.05) is 23.9 Å². The number of methoxy groups -OCH3 is 1. The number of benzene rings is 2. The second kappa shape index (κ2) is 9.94. The maximum absolute atomic E-state index is 12.7. The van der Waals surface area contributed by atoms with Crippen LogP contribution in [0.2, 0.25) is 0 Å². The third kappa shape index (κ3) is 4.77. The average molecular weight is 463 g/mol. The summed E-state index contributed by atoms with van der Waals surface area (Å²) in [7, 11) is 1.46. The molecule has 4 rings (SSSR count). The van der Waals surface area contributed by atoms with Gasteiger partial charge in [-0.25, -0.2) is 19.2 Å². The van der Waals surface area contributed by atoms with Gasteiger partial charge in [0.05, 0.1) is 7.11 Å². The molecule has 11 heteroatoms. The quantitative estimate of drug-likeness (QED) is 0.255. The summed E-state index contributed by atoms with van der Waals surface area (Å²) >= 11 is 0. The average Bonchev–Trinajstić information content (AvgIpc) is 3.25. The number of rotatable bonds is 9. The monoisotopic (exact) mass is 463 g/mol. The first-order chi connectivity index (χ1) is 16.5. The molecule has 0 saturated carbocycles. The van der Waals surface area contributed by atoms with Gasteiger partial charge in [0.1, 0.15) is 11.7 Å². The van der Waals surface area contributed by atoms with Gasteiger partial charge in [0.2, 0.25) is 6.86 Å². The van der Waals surface area contributed by atoms with Crippen molar-refractivity contribution in [1.82, 2.24) is 24.7 Å². The standard InChI is InChI=1S/C23H22FN7O3/c1-33-19-12-16(7-8-18(19)34-13-24)17(11-14-3-5-15(6-4-14)20(25)26)21-29-23(32)31(30-21)22-27-9-2-10-28-22/h2-10,12,17H,11,13H2,1H3,(H3,25,26)(H,29,30,32). The molecule has 2 aromatic heterocycles. The minimum atomic E-state index is -0.990. The number of hydrogen-bond acceptors (Lipinski definition) is 7. The van der Waals surface area contributed by atoms with Crippen molar-refractivity contribution in [1.29, 1.82) is 5.41 Å². The van der Waals surface area contributed by atoms with Crippen LogP contribution in [0.5, 0.6) is 11.5 Å². The lowest BCUT2D eigenvalue weighted by Gasteiger charge is -2.17. The van der Waals surface area contributed by atoms with E-state index in [1.807, 2.05) is 12.1 Å². The molecule has 34 heavy (non-hydrogen) atoms. The molecule has 0 aliphatic heterocycles. The fourth-order valence-corrected chi connectivity index (χ4v) is 3.54. The predicted molar refractivity (Wildman–Crippen MR) is 122 cm³/mol. The van der Waals surface area contributed by atoms with Crippen LogP contribution in [-0.2, 0) is 6.42 Å². The molecule has 4 aromatic rings. The SMILES string of the molecule is COc1cc(C(Cc2ccc(C(=N)N)cc2)c2nn(-c3ncccn3)c(=O)[nH]2)ccc1OCF. The number of amidine groups is 1. The molecular weight excluding hydrogens is 441 g/mol. The van der Waals surface area contributed by atoms with Crippen molar-refractivity contribution < 1.29 is 13.9 Å². The lowest BCUT2D eigenvalue weighted by atomic mass is 9.90. The summed E-state index contributed by atoms with van der Waals surface area (Å²) in [5.41, 5.74) is 7.36. The molecule has 174 valence electrons. The van der Waals surface area contributed by atoms with E-state index in [2.05, 4.69) is 20.1 Å². The second-order valence-corrected chi connectivity index (χ2v) is 7.31. The summed E-state index contributed by atoms with van der Waals surface area (Å²) in [4.78, 5) is 23.6. The predicted octanol–water partition coefficient (Wildman–Crippen LogP) is 2.32. The van der Waals surface area contributed by atoms with Gasteiger partial charge in [-0.3, -0.25) is 10.4 Å². The second-order valence-electron chi connectivity index (χ2n) is 7.31. The molecule has 0 fully saturated rings. The molecular formula is C23H22FN7O3. The largest absolute Gasteiger partial charge is 0.493 e. The van der Waals surface area contributed by atoms with Crippen LogP contribution in [0, 0.1) is 5.41 Å². The van der Waals surface area contributed by atoms with Crippen molar-refractivity contribution in [3.05, 3.63) is 93.9 Å². The number of nitrogens with zero attached hydrogens (tertiary/aromatic N) is 4. The van der Waals surface area contributed by atoms with E-state index in [0.29, 0.717) is 23.6 Å². The van der Waals surface area contributed by atoms with Gasteiger partial charge in [-0.2, -0.15) is 0 Å². The Morgan fingerprint density at radius 1 is 1.18 bits per heavy atom. The maximum atomic E-state index is 12.7. The number of nitrogens with two attached hydrogens (primary N) is 1. The first kappa shape index (κ1) is 22.6. The van der Waals surface area contributed by atoms with E-state index in [-0.39, 0.29) is 17.5 Å². The molecule has 0 spiro atoms. The van der Waals surface area contributed by atoms with Crippen LogP contribution in [0.3, 0.4) is 0 Å². The topological polar surface area (TPSA) is 145 Å². The Bertz CT molecular complexity index is 1340. The van der Waals surface area contributed by atoms with E-state index in [4.69, 9.17) is 20.6 Å². The third-order valence-corrected chi connectivity index (χ3v) is 5.21. The van der Waals surface area contributed by atoms with Crippen LogP contribution in [0.15, 0.2) is 65.7 Å². The van der Waals surface area contributed by atoms with Gasteiger partial charge in [-0.15, -0.1) is 9.78 Å².